The van der Waals surface area contributed by atoms with Crippen LogP contribution in [0.25, 0.3) is 0 Å². The van der Waals surface area contributed by atoms with Gasteiger partial charge in [-0.3, -0.25) is 9.69 Å². The predicted molar refractivity (Wildman–Crippen MR) is 146 cm³/mol. The van der Waals surface area contributed by atoms with Gasteiger partial charge in [-0.15, -0.1) is 0 Å². The van der Waals surface area contributed by atoms with E-state index >= 15 is 0 Å². The van der Waals surface area contributed by atoms with Gasteiger partial charge in [0, 0.05) is 71.1 Å². The van der Waals surface area contributed by atoms with Crippen LogP contribution in [0.1, 0.15) is 34.3 Å². The third kappa shape index (κ3) is 5.38. The molecule has 1 saturated heterocycles. The standard InChI is InChI=1S/C29H41N5O2/c1-30(2)24-11-14-33(15-12-24)25-8-9-27-28(18-25)31(3)16-17-34(29(27)36)21-26(35)20-32-13-10-22-6-4-5-7-23(22)19-32/h4-9,18,24,26,35H,10-17,19-21H2,1-3H3/t26-/m1/s1. The molecule has 0 unspecified atom stereocenters. The number of fused-ring (bicyclic) bond motifs is 2. The molecule has 0 radical (unpaired) electrons. The summed E-state index contributed by atoms with van der Waals surface area (Å²) in [5.74, 6) is 0.0234. The number of carbonyl (C=O) groups excluding carboxylic acids is 1. The summed E-state index contributed by atoms with van der Waals surface area (Å²) in [5, 5.41) is 10.9. The zero-order valence-corrected chi connectivity index (χ0v) is 22.1. The van der Waals surface area contributed by atoms with E-state index < -0.39 is 6.10 Å². The van der Waals surface area contributed by atoms with E-state index in [0.717, 1.165) is 63.2 Å². The van der Waals surface area contributed by atoms with E-state index in [2.05, 4.69) is 77.1 Å². The lowest BCUT2D eigenvalue weighted by Crippen LogP contribution is -2.44. The second kappa shape index (κ2) is 10.8. The molecule has 1 amide bonds. The Morgan fingerprint density at radius 3 is 2.47 bits per heavy atom. The third-order valence-corrected chi connectivity index (χ3v) is 8.29. The topological polar surface area (TPSA) is 53.5 Å². The quantitative estimate of drug-likeness (QED) is 0.670. The smallest absolute Gasteiger partial charge is 0.256 e. The molecule has 7 heteroatoms. The second-order valence-electron chi connectivity index (χ2n) is 11.0. The molecule has 36 heavy (non-hydrogen) atoms. The van der Waals surface area contributed by atoms with E-state index in [-0.39, 0.29) is 5.91 Å². The van der Waals surface area contributed by atoms with E-state index in [1.54, 1.807) is 0 Å². The number of hydrogen-bond acceptors (Lipinski definition) is 6. The van der Waals surface area contributed by atoms with Gasteiger partial charge in [0.15, 0.2) is 0 Å². The Morgan fingerprint density at radius 1 is 0.972 bits per heavy atom. The predicted octanol–water partition coefficient (Wildman–Crippen LogP) is 2.53. The maximum atomic E-state index is 13.5. The largest absolute Gasteiger partial charge is 0.390 e. The molecule has 1 atom stereocenters. The minimum absolute atomic E-state index is 0.0234. The van der Waals surface area contributed by atoms with E-state index in [0.29, 0.717) is 25.7 Å². The van der Waals surface area contributed by atoms with E-state index in [1.807, 2.05) is 11.0 Å². The first-order chi connectivity index (χ1) is 17.4. The highest BCUT2D eigenvalue weighted by Crippen LogP contribution is 2.31. The molecule has 0 aromatic heterocycles. The van der Waals surface area contributed by atoms with Crippen molar-refractivity contribution >= 4 is 17.3 Å². The molecule has 3 aliphatic rings. The van der Waals surface area contributed by atoms with Gasteiger partial charge in [-0.05, 0) is 62.7 Å². The molecule has 5 rings (SSSR count). The van der Waals surface area contributed by atoms with Gasteiger partial charge >= 0.3 is 0 Å². The molecule has 0 saturated carbocycles. The monoisotopic (exact) mass is 491 g/mol. The molecule has 3 heterocycles. The van der Waals surface area contributed by atoms with Crippen molar-refractivity contribution in [2.45, 2.75) is 38.0 Å². The fraction of sp³-hybridized carbons (Fsp3) is 0.552. The molecular weight excluding hydrogens is 450 g/mol. The molecule has 2 aromatic rings. The maximum absolute atomic E-state index is 13.5. The summed E-state index contributed by atoms with van der Waals surface area (Å²) in [6, 6.07) is 15.5. The van der Waals surface area contributed by atoms with Gasteiger partial charge in [0.1, 0.15) is 0 Å². The van der Waals surface area contributed by atoms with Gasteiger partial charge in [0.2, 0.25) is 0 Å². The van der Waals surface area contributed by atoms with E-state index in [1.165, 1.54) is 16.8 Å². The Morgan fingerprint density at radius 2 is 1.72 bits per heavy atom. The third-order valence-electron chi connectivity index (χ3n) is 8.29. The van der Waals surface area contributed by atoms with Crippen LogP contribution in [0.5, 0.6) is 0 Å². The molecule has 0 aliphatic carbocycles. The molecule has 194 valence electrons. The summed E-state index contributed by atoms with van der Waals surface area (Å²) in [6.07, 6.45) is 2.77. The summed E-state index contributed by atoms with van der Waals surface area (Å²) in [7, 11) is 6.40. The maximum Gasteiger partial charge on any atom is 0.256 e. The van der Waals surface area contributed by atoms with Crippen LogP contribution in [0.3, 0.4) is 0 Å². The van der Waals surface area contributed by atoms with Crippen LogP contribution in [0, 0.1) is 0 Å². The number of likely N-dealkylation sites (N-methyl/N-ethyl adjacent to an activating group) is 1. The number of hydrogen-bond donors (Lipinski definition) is 1. The van der Waals surface area contributed by atoms with Gasteiger partial charge in [-0.25, -0.2) is 0 Å². The number of carbonyl (C=O) groups is 1. The van der Waals surface area contributed by atoms with Gasteiger partial charge in [-0.2, -0.15) is 0 Å². The summed E-state index contributed by atoms with van der Waals surface area (Å²) in [4.78, 5) is 24.6. The van der Waals surface area contributed by atoms with Gasteiger partial charge in [0.05, 0.1) is 17.4 Å². The highest BCUT2D eigenvalue weighted by molar-refractivity contribution is 6.01. The SMILES string of the molecule is CN1CCN(C[C@H](O)CN2CCc3ccccc3C2)C(=O)c2ccc(N3CCC(N(C)C)CC3)cc21. The van der Waals surface area contributed by atoms with Crippen molar-refractivity contribution in [2.75, 3.05) is 76.8 Å². The summed E-state index contributed by atoms with van der Waals surface area (Å²) >= 11 is 0. The minimum Gasteiger partial charge on any atom is -0.390 e. The zero-order valence-electron chi connectivity index (χ0n) is 22.1. The van der Waals surface area contributed by atoms with Crippen LogP contribution in [-0.4, -0.2) is 105 Å². The van der Waals surface area contributed by atoms with E-state index in [4.69, 9.17) is 0 Å². The van der Waals surface area contributed by atoms with Crippen molar-refractivity contribution in [1.29, 1.82) is 0 Å². The first-order valence-electron chi connectivity index (χ1n) is 13.4. The molecule has 1 N–H and O–H groups in total. The fourth-order valence-corrected chi connectivity index (χ4v) is 6.01. The van der Waals surface area contributed by atoms with E-state index in [9.17, 15) is 9.90 Å². The number of benzene rings is 2. The van der Waals surface area contributed by atoms with Gasteiger partial charge < -0.3 is 24.7 Å². The van der Waals surface area contributed by atoms with Gasteiger partial charge in [-0.1, -0.05) is 24.3 Å². The first-order valence-corrected chi connectivity index (χ1v) is 13.4. The molecule has 2 aromatic carbocycles. The average Bonchev–Trinajstić information content (AvgIpc) is 3.00. The van der Waals surface area contributed by atoms with Crippen LogP contribution in [-0.2, 0) is 13.0 Å². The van der Waals surface area contributed by atoms with Crippen molar-refractivity contribution in [2.24, 2.45) is 0 Å². The van der Waals surface area contributed by atoms with Gasteiger partial charge in [0.25, 0.3) is 5.91 Å². The van der Waals surface area contributed by atoms with Crippen LogP contribution >= 0.6 is 0 Å². The highest BCUT2D eigenvalue weighted by atomic mass is 16.3. The van der Waals surface area contributed by atoms with Crippen LogP contribution < -0.4 is 9.80 Å². The lowest BCUT2D eigenvalue weighted by molar-refractivity contribution is 0.0521. The minimum atomic E-state index is -0.566. The number of piperidine rings is 1. The first kappa shape index (κ1) is 25.1. The fourth-order valence-electron chi connectivity index (χ4n) is 6.01. The number of β-amino-alcohol motifs (C(OH)–C–C–N with tert-alkyl or cyclic N) is 1. The highest BCUT2D eigenvalue weighted by Gasteiger charge is 2.29. The molecule has 3 aliphatic heterocycles. The number of nitrogens with zero attached hydrogens (tertiary/aromatic N) is 5. The van der Waals surface area contributed by atoms with Crippen molar-refractivity contribution in [3.8, 4) is 0 Å². The average molecular weight is 492 g/mol. The molecule has 0 bridgehead atoms. The zero-order chi connectivity index (χ0) is 25.2. The number of aliphatic hydroxyl groups is 1. The molecule has 0 spiro atoms. The lowest BCUT2D eigenvalue weighted by Gasteiger charge is -2.37. The number of amides is 1. The molecule has 7 nitrogen and oxygen atoms in total. The number of anilines is 2. The molecular formula is C29H41N5O2. The van der Waals surface area contributed by atoms with Crippen molar-refractivity contribution in [3.63, 3.8) is 0 Å². The normalized spacial score (nSPS) is 20.4. The van der Waals surface area contributed by atoms with Crippen LogP contribution in [0.2, 0.25) is 0 Å². The Balaban J connectivity index is 1.23. The summed E-state index contributed by atoms with van der Waals surface area (Å²) in [5.41, 5.74) is 5.69. The number of aliphatic hydroxyl groups excluding tert-OH is 1. The van der Waals surface area contributed by atoms with Crippen molar-refractivity contribution < 1.29 is 9.90 Å². The number of rotatable bonds is 6. The van der Waals surface area contributed by atoms with Crippen molar-refractivity contribution in [1.82, 2.24) is 14.7 Å². The Labute approximate surface area is 215 Å². The summed E-state index contributed by atoms with van der Waals surface area (Å²) in [6.45, 7) is 6.22. The van der Waals surface area contributed by atoms with Crippen molar-refractivity contribution in [3.05, 3.63) is 59.2 Å². The Bertz CT molecular complexity index is 1070. The summed E-state index contributed by atoms with van der Waals surface area (Å²) < 4.78 is 0. The second-order valence-corrected chi connectivity index (χ2v) is 11.0. The Hall–Kier alpha value is -2.61. The van der Waals surface area contributed by atoms with Crippen LogP contribution in [0.15, 0.2) is 42.5 Å². The molecule has 1 fully saturated rings. The Kier molecular flexibility index (Phi) is 7.51. The van der Waals surface area contributed by atoms with Crippen LogP contribution in [0.4, 0.5) is 11.4 Å². The lowest BCUT2D eigenvalue weighted by atomic mass is 10.00.